The first kappa shape index (κ1) is 22.1. The number of benzene rings is 1. The number of aryl methyl sites for hydroxylation is 1. The Bertz CT molecular complexity index is 1200. The van der Waals surface area contributed by atoms with Gasteiger partial charge in [0.05, 0.1) is 31.3 Å². The minimum Gasteiger partial charge on any atom is -0.497 e. The number of hydrogen-bond acceptors (Lipinski definition) is 9. The lowest BCUT2D eigenvalue weighted by Crippen LogP contribution is -2.19. The molecule has 0 saturated carbocycles. The summed E-state index contributed by atoms with van der Waals surface area (Å²) in [7, 11) is 1.64. The second-order valence-corrected chi connectivity index (χ2v) is 8.65. The third kappa shape index (κ3) is 4.87. The molecule has 4 aromatic rings. The SMILES string of the molecule is CCOC(=O)c1cnn(-c2nc(-c3ccc(OC)cc3)cs2)c1CNCc1nc(C)cs1. The molecule has 166 valence electrons. The van der Waals surface area contributed by atoms with Crippen LogP contribution in [0.2, 0.25) is 0 Å². The molecular weight excluding hydrogens is 446 g/mol. The van der Waals surface area contributed by atoms with Gasteiger partial charge in [-0.1, -0.05) is 0 Å². The lowest BCUT2D eigenvalue weighted by molar-refractivity contribution is 0.0525. The van der Waals surface area contributed by atoms with E-state index >= 15 is 0 Å². The van der Waals surface area contributed by atoms with Gasteiger partial charge in [0.15, 0.2) is 0 Å². The van der Waals surface area contributed by atoms with Crippen molar-refractivity contribution in [1.82, 2.24) is 25.1 Å². The molecule has 1 aromatic carbocycles. The maximum Gasteiger partial charge on any atom is 0.341 e. The van der Waals surface area contributed by atoms with Gasteiger partial charge in [-0.25, -0.2) is 19.4 Å². The normalized spacial score (nSPS) is 11.0. The van der Waals surface area contributed by atoms with Crippen molar-refractivity contribution in [2.75, 3.05) is 13.7 Å². The van der Waals surface area contributed by atoms with Gasteiger partial charge in [-0.05, 0) is 38.1 Å². The van der Waals surface area contributed by atoms with Crippen molar-refractivity contribution in [2.24, 2.45) is 0 Å². The number of thiazole rings is 2. The average molecular weight is 470 g/mol. The molecule has 0 radical (unpaired) electrons. The maximum atomic E-state index is 12.5. The van der Waals surface area contributed by atoms with E-state index in [0.717, 1.165) is 27.7 Å². The fourth-order valence-electron chi connectivity index (χ4n) is 3.12. The molecule has 0 unspecified atom stereocenters. The summed E-state index contributed by atoms with van der Waals surface area (Å²) in [5.41, 5.74) is 3.93. The van der Waals surface area contributed by atoms with Gasteiger partial charge in [-0.2, -0.15) is 5.10 Å². The highest BCUT2D eigenvalue weighted by Gasteiger charge is 2.21. The van der Waals surface area contributed by atoms with Crippen LogP contribution in [0.5, 0.6) is 5.75 Å². The molecule has 0 amide bonds. The molecule has 10 heteroatoms. The summed E-state index contributed by atoms with van der Waals surface area (Å²) in [6.07, 6.45) is 1.54. The summed E-state index contributed by atoms with van der Waals surface area (Å²) in [4.78, 5) is 21.7. The minimum absolute atomic E-state index is 0.300. The number of carbonyl (C=O) groups is 1. The number of nitrogens with zero attached hydrogens (tertiary/aromatic N) is 4. The van der Waals surface area contributed by atoms with Crippen molar-refractivity contribution in [3.8, 4) is 22.1 Å². The van der Waals surface area contributed by atoms with E-state index in [1.807, 2.05) is 41.9 Å². The maximum absolute atomic E-state index is 12.5. The predicted molar refractivity (Wildman–Crippen MR) is 125 cm³/mol. The summed E-state index contributed by atoms with van der Waals surface area (Å²) in [5.74, 6) is 0.395. The molecule has 1 N–H and O–H groups in total. The molecule has 0 saturated heterocycles. The number of rotatable bonds is 9. The van der Waals surface area contributed by atoms with E-state index in [0.29, 0.717) is 36.1 Å². The standard InChI is InChI=1S/C22H23N5O3S2/c1-4-30-21(28)17-9-24-27(19(17)10-23-11-20-25-14(2)12-31-20)22-26-18(13-32-22)15-5-7-16(29-3)8-6-15/h5-9,12-13,23H,4,10-11H2,1-3H3. The van der Waals surface area contributed by atoms with Crippen LogP contribution in [0.1, 0.15) is 33.7 Å². The number of esters is 1. The Labute approximate surface area is 193 Å². The molecule has 0 aliphatic carbocycles. The van der Waals surface area contributed by atoms with E-state index in [1.54, 1.807) is 30.1 Å². The van der Waals surface area contributed by atoms with E-state index in [2.05, 4.69) is 15.4 Å². The highest BCUT2D eigenvalue weighted by atomic mass is 32.1. The van der Waals surface area contributed by atoms with Gasteiger partial charge in [-0.15, -0.1) is 22.7 Å². The summed E-state index contributed by atoms with van der Waals surface area (Å²) in [5, 5.41) is 13.5. The van der Waals surface area contributed by atoms with Crippen LogP contribution in [0.25, 0.3) is 16.4 Å². The van der Waals surface area contributed by atoms with E-state index < -0.39 is 5.97 Å². The second-order valence-electron chi connectivity index (χ2n) is 6.87. The molecule has 4 rings (SSSR count). The van der Waals surface area contributed by atoms with Crippen LogP contribution in [-0.2, 0) is 17.8 Å². The molecule has 0 spiro atoms. The highest BCUT2D eigenvalue weighted by molar-refractivity contribution is 7.12. The predicted octanol–water partition coefficient (Wildman–Crippen LogP) is 4.24. The van der Waals surface area contributed by atoms with Crippen LogP contribution in [0, 0.1) is 6.92 Å². The number of ether oxygens (including phenoxy) is 2. The number of hydrogen-bond donors (Lipinski definition) is 1. The molecule has 3 heterocycles. The highest BCUT2D eigenvalue weighted by Crippen LogP contribution is 2.27. The van der Waals surface area contributed by atoms with E-state index in [4.69, 9.17) is 14.5 Å². The first-order valence-corrected chi connectivity index (χ1v) is 11.8. The molecule has 0 aliphatic rings. The molecule has 0 aliphatic heterocycles. The Morgan fingerprint density at radius 2 is 1.94 bits per heavy atom. The van der Waals surface area contributed by atoms with Crippen LogP contribution >= 0.6 is 22.7 Å². The van der Waals surface area contributed by atoms with E-state index in [9.17, 15) is 4.79 Å². The first-order chi connectivity index (χ1) is 15.6. The largest absolute Gasteiger partial charge is 0.497 e. The lowest BCUT2D eigenvalue weighted by Gasteiger charge is -2.08. The molecule has 3 aromatic heterocycles. The zero-order chi connectivity index (χ0) is 22.5. The topological polar surface area (TPSA) is 91.2 Å². The van der Waals surface area contributed by atoms with Gasteiger partial charge in [0.2, 0.25) is 5.13 Å². The number of nitrogens with one attached hydrogen (secondary N) is 1. The average Bonchev–Trinajstić information content (AvgIpc) is 3.54. The third-order valence-corrected chi connectivity index (χ3v) is 6.44. The van der Waals surface area contributed by atoms with Gasteiger partial charge in [0.25, 0.3) is 0 Å². The molecule has 0 fully saturated rings. The van der Waals surface area contributed by atoms with Gasteiger partial charge in [-0.3, -0.25) is 0 Å². The third-order valence-electron chi connectivity index (χ3n) is 4.66. The van der Waals surface area contributed by atoms with Crippen LogP contribution < -0.4 is 10.1 Å². The van der Waals surface area contributed by atoms with Crippen molar-refractivity contribution in [3.05, 3.63) is 63.2 Å². The molecule has 0 atom stereocenters. The molecular formula is C22H23N5O3S2. The molecule has 0 bridgehead atoms. The quantitative estimate of drug-likeness (QED) is 0.367. The van der Waals surface area contributed by atoms with Crippen LogP contribution in [-0.4, -0.2) is 39.4 Å². The van der Waals surface area contributed by atoms with E-state index in [-0.39, 0.29) is 0 Å². The van der Waals surface area contributed by atoms with Gasteiger partial charge in [0, 0.05) is 35.1 Å². The van der Waals surface area contributed by atoms with Crippen molar-refractivity contribution in [1.29, 1.82) is 0 Å². The van der Waals surface area contributed by atoms with Gasteiger partial charge in [0.1, 0.15) is 16.3 Å². The van der Waals surface area contributed by atoms with Gasteiger partial charge < -0.3 is 14.8 Å². The van der Waals surface area contributed by atoms with Crippen molar-refractivity contribution in [2.45, 2.75) is 26.9 Å². The fraction of sp³-hybridized carbons (Fsp3) is 0.273. The first-order valence-electron chi connectivity index (χ1n) is 10.0. The number of aromatic nitrogens is 4. The Morgan fingerprint density at radius 1 is 1.12 bits per heavy atom. The fourth-order valence-corrected chi connectivity index (χ4v) is 4.67. The Morgan fingerprint density at radius 3 is 2.62 bits per heavy atom. The Balaban J connectivity index is 1.59. The number of carbonyl (C=O) groups excluding carboxylic acids is 1. The monoisotopic (exact) mass is 469 g/mol. The van der Waals surface area contributed by atoms with Crippen LogP contribution in [0.3, 0.4) is 0 Å². The van der Waals surface area contributed by atoms with Crippen molar-refractivity contribution >= 4 is 28.6 Å². The van der Waals surface area contributed by atoms with Crippen molar-refractivity contribution < 1.29 is 14.3 Å². The van der Waals surface area contributed by atoms with Crippen LogP contribution in [0.15, 0.2) is 41.2 Å². The lowest BCUT2D eigenvalue weighted by atomic mass is 10.2. The van der Waals surface area contributed by atoms with E-state index in [1.165, 1.54) is 17.5 Å². The van der Waals surface area contributed by atoms with Crippen molar-refractivity contribution in [3.63, 3.8) is 0 Å². The Kier molecular flexibility index (Phi) is 6.93. The Hall–Kier alpha value is -3.08. The zero-order valence-corrected chi connectivity index (χ0v) is 19.6. The number of methoxy groups -OCH3 is 1. The smallest absolute Gasteiger partial charge is 0.341 e. The minimum atomic E-state index is -0.396. The summed E-state index contributed by atoms with van der Waals surface area (Å²) in [6, 6.07) is 7.72. The molecule has 8 nitrogen and oxygen atoms in total. The second kappa shape index (κ2) is 10.0. The van der Waals surface area contributed by atoms with Gasteiger partial charge >= 0.3 is 5.97 Å². The summed E-state index contributed by atoms with van der Waals surface area (Å²) < 4.78 is 12.1. The zero-order valence-electron chi connectivity index (χ0n) is 18.0. The summed E-state index contributed by atoms with van der Waals surface area (Å²) in [6.45, 7) is 5.07. The summed E-state index contributed by atoms with van der Waals surface area (Å²) >= 11 is 3.06. The molecule has 32 heavy (non-hydrogen) atoms. The van der Waals surface area contributed by atoms with Crippen LogP contribution in [0.4, 0.5) is 0 Å².